The molecule has 1 atom stereocenters. The summed E-state index contributed by atoms with van der Waals surface area (Å²) in [7, 11) is 0. The molecule has 0 aromatic heterocycles. The van der Waals surface area contributed by atoms with Crippen LogP contribution in [0.1, 0.15) is 106 Å². The summed E-state index contributed by atoms with van der Waals surface area (Å²) in [5.41, 5.74) is 5.16. The van der Waals surface area contributed by atoms with E-state index in [9.17, 15) is 53.6 Å². The number of rotatable bonds is 58. The summed E-state index contributed by atoms with van der Waals surface area (Å²) in [6, 6.07) is -1.12. The van der Waals surface area contributed by atoms with Crippen molar-refractivity contribution in [1.82, 2.24) is 53.2 Å². The van der Waals surface area contributed by atoms with Crippen LogP contribution in [0.3, 0.4) is 0 Å². The Morgan fingerprint density at radius 1 is 0.425 bits per heavy atom. The van der Waals surface area contributed by atoms with Crippen molar-refractivity contribution in [2.24, 2.45) is 16.0 Å². The number of Topliss-reactive ketones (excluding diaryl/α,β-unsaturated/α-hetero) is 1. The Balaban J connectivity index is 3.89. The number of ether oxygens (including phenoxy) is 8. The van der Waals surface area contributed by atoms with Crippen molar-refractivity contribution in [2.75, 3.05) is 158 Å². The topological polar surface area (TPSA) is 439 Å². The summed E-state index contributed by atoms with van der Waals surface area (Å²) >= 11 is 0. The highest BCUT2D eigenvalue weighted by atomic mass is 16.5. The summed E-state index contributed by atoms with van der Waals surface area (Å²) in [6.45, 7) is 16.4. The van der Waals surface area contributed by atoms with Gasteiger partial charge in [0.2, 0.25) is 47.3 Å². The molecule has 0 fully saturated rings. The predicted octanol–water partition coefficient (Wildman–Crippen LogP) is -2.76. The van der Waals surface area contributed by atoms with Crippen LogP contribution in [0.5, 0.6) is 0 Å². The van der Waals surface area contributed by atoms with Gasteiger partial charge in [0.1, 0.15) is 26.4 Å². The second-order valence-electron chi connectivity index (χ2n) is 20.9. The number of nitrogens with two attached hydrogens (primary N) is 1. The molecule has 0 aromatic carbocycles. The van der Waals surface area contributed by atoms with Crippen LogP contribution in [-0.4, -0.2) is 256 Å². The number of unbranched alkanes of at least 4 members (excludes halogenated alkanes) is 1. The second kappa shape index (κ2) is 51.9. The van der Waals surface area contributed by atoms with Crippen LogP contribution in [0.25, 0.3) is 0 Å². The number of carbonyl (C=O) groups is 9. The van der Waals surface area contributed by atoms with E-state index in [2.05, 4.69) is 63.5 Å². The highest BCUT2D eigenvalue weighted by Crippen LogP contribution is 2.09. The molecule has 0 aliphatic rings. The van der Waals surface area contributed by atoms with E-state index < -0.39 is 35.0 Å². The summed E-state index contributed by atoms with van der Waals surface area (Å²) in [5.74, 6) is -2.64. The first-order chi connectivity index (χ1) is 41.5. The molecule has 0 radical (unpaired) electrons. The van der Waals surface area contributed by atoms with Gasteiger partial charge >= 0.3 is 0 Å². The number of oxime groups is 2. The zero-order chi connectivity index (χ0) is 65.0. The van der Waals surface area contributed by atoms with E-state index in [1.165, 1.54) is 6.92 Å². The van der Waals surface area contributed by atoms with Crippen molar-refractivity contribution in [2.45, 2.75) is 129 Å². The number of carbonyl (C=O) groups excluding carboxylic acids is 9. The maximum Gasteiger partial charge on any atom is 0.246 e. The van der Waals surface area contributed by atoms with Crippen molar-refractivity contribution in [3.8, 4) is 0 Å². The SMILES string of the molecule is CC(=O)COCCOCCNC(=O)COCCOCCNC(=O)CCCC(=O)NCCOCCOCC(=O)NCCOCCOCC(=O)NCN[C@@H](CCCCNC(=O)CCCC(=O)NC(CNC(C)(C)/C(C)=N/O)CNC(C)(C)/C(C)=N/O)C(N)=O. The van der Waals surface area contributed by atoms with Gasteiger partial charge in [0, 0.05) is 71.5 Å². The van der Waals surface area contributed by atoms with Gasteiger partial charge in [-0.25, -0.2) is 0 Å². The number of amides is 8. The number of hydrogen-bond donors (Lipinski definition) is 13. The lowest BCUT2D eigenvalue weighted by atomic mass is 9.98. The van der Waals surface area contributed by atoms with Gasteiger partial charge in [-0.1, -0.05) is 10.3 Å². The van der Waals surface area contributed by atoms with Crippen LogP contribution in [0, 0.1) is 0 Å². The van der Waals surface area contributed by atoms with E-state index in [0.29, 0.717) is 89.5 Å². The third-order valence-electron chi connectivity index (χ3n) is 12.7. The lowest BCUT2D eigenvalue weighted by Gasteiger charge is -2.32. The molecule has 0 spiro atoms. The van der Waals surface area contributed by atoms with Gasteiger partial charge in [-0.05, 0) is 80.6 Å². The molecule has 0 rings (SSSR count). The molecule has 0 aromatic rings. The molecule has 0 heterocycles. The van der Waals surface area contributed by atoms with Crippen LogP contribution < -0.4 is 58.9 Å². The lowest BCUT2D eigenvalue weighted by molar-refractivity contribution is -0.127. The first-order valence-electron chi connectivity index (χ1n) is 29.4. The quantitative estimate of drug-likeness (QED) is 0.00964. The Morgan fingerprint density at radius 3 is 1.15 bits per heavy atom. The molecule has 0 bridgehead atoms. The van der Waals surface area contributed by atoms with Crippen molar-refractivity contribution in [1.29, 1.82) is 0 Å². The summed E-state index contributed by atoms with van der Waals surface area (Å²) < 4.78 is 42.4. The van der Waals surface area contributed by atoms with Crippen LogP contribution >= 0.6 is 0 Å². The molecule has 502 valence electrons. The minimum absolute atomic E-state index is 0.0325. The van der Waals surface area contributed by atoms with Crippen LogP contribution in [0.4, 0.5) is 0 Å². The Kier molecular flexibility index (Phi) is 48.3. The number of primary amides is 1. The summed E-state index contributed by atoms with van der Waals surface area (Å²) in [5, 5.41) is 53.7. The van der Waals surface area contributed by atoms with E-state index >= 15 is 0 Å². The van der Waals surface area contributed by atoms with Gasteiger partial charge < -0.3 is 102 Å². The minimum atomic E-state index is -0.722. The van der Waals surface area contributed by atoms with E-state index in [1.807, 2.05) is 27.7 Å². The largest absolute Gasteiger partial charge is 0.411 e. The van der Waals surface area contributed by atoms with Crippen molar-refractivity contribution in [3.05, 3.63) is 0 Å². The van der Waals surface area contributed by atoms with Gasteiger partial charge in [-0.2, -0.15) is 0 Å². The summed E-state index contributed by atoms with van der Waals surface area (Å²) in [4.78, 5) is 108. The van der Waals surface area contributed by atoms with Crippen molar-refractivity contribution in [3.63, 3.8) is 0 Å². The number of nitrogens with zero attached hydrogens (tertiary/aromatic N) is 2. The lowest BCUT2D eigenvalue weighted by Crippen LogP contribution is -2.57. The van der Waals surface area contributed by atoms with Crippen LogP contribution in [-0.2, 0) is 81.0 Å². The smallest absolute Gasteiger partial charge is 0.246 e. The Labute approximate surface area is 511 Å². The molecular weight excluding hydrogens is 1150 g/mol. The Bertz CT molecular complexity index is 2000. The van der Waals surface area contributed by atoms with Gasteiger partial charge in [-0.3, -0.25) is 48.5 Å². The van der Waals surface area contributed by atoms with Gasteiger partial charge in [0.05, 0.1) is 121 Å². The Hall–Kier alpha value is -6.07. The van der Waals surface area contributed by atoms with Crippen LogP contribution in [0.15, 0.2) is 10.3 Å². The van der Waals surface area contributed by atoms with E-state index in [1.54, 1.807) is 13.8 Å². The van der Waals surface area contributed by atoms with E-state index in [-0.39, 0.29) is 179 Å². The van der Waals surface area contributed by atoms with Crippen molar-refractivity contribution < 1.29 is 91.5 Å². The van der Waals surface area contributed by atoms with Gasteiger partial charge in [0.15, 0.2) is 5.78 Å². The first kappa shape index (κ1) is 80.9. The molecule has 87 heavy (non-hydrogen) atoms. The molecule has 32 heteroatoms. The average molecular weight is 1250 g/mol. The Morgan fingerprint density at radius 2 is 0.770 bits per heavy atom. The zero-order valence-electron chi connectivity index (χ0n) is 52.3. The standard InChI is InChI=1S/C55H103N13O19/c1-41(69)36-84-30-26-82-24-20-60-50(74)37-85-31-27-80-22-18-58-47(71)13-10-14-48(72)59-19-23-81-28-32-86-38-51(75)61-21-25-83-29-33-87-39-52(76)63-40-62-45(53(56)77)12-8-9-17-57-46(70)15-11-16-49(73)66-44(34-64-54(4,5)42(2)67-78)35-65-55(6,7)43(3)68-79/h44-45,62,64-65,78-79H,8-40H2,1-7H3,(H2,56,77)(H,57,70)(H,58,71)(H,59,72)(H,60,74)(H,61,75)(H,63,76)(H,66,73)/b67-42+,68-43+/t45-/m0/s1. The molecule has 0 unspecified atom stereocenters. The van der Waals surface area contributed by atoms with Crippen LogP contribution in [0.2, 0.25) is 0 Å². The van der Waals surface area contributed by atoms with E-state index in [4.69, 9.17) is 43.6 Å². The molecule has 0 saturated carbocycles. The molecule has 0 saturated heterocycles. The molecule has 8 amide bonds. The predicted molar refractivity (Wildman–Crippen MR) is 319 cm³/mol. The fraction of sp³-hybridized carbons (Fsp3) is 0.800. The normalized spacial score (nSPS) is 12.3. The maximum atomic E-state index is 12.9. The third kappa shape index (κ3) is 48.6. The highest BCUT2D eigenvalue weighted by molar-refractivity contribution is 5.90. The first-order valence-corrected chi connectivity index (χ1v) is 29.4. The number of hydrogen-bond acceptors (Lipinski definition) is 24. The number of nitrogens with one attached hydrogen (secondary N) is 10. The molecule has 0 aliphatic carbocycles. The highest BCUT2D eigenvalue weighted by Gasteiger charge is 2.27. The molecule has 0 aliphatic heterocycles. The monoisotopic (exact) mass is 1250 g/mol. The fourth-order valence-electron chi connectivity index (χ4n) is 6.93. The average Bonchev–Trinajstić information content (AvgIpc) is 3.57. The summed E-state index contributed by atoms with van der Waals surface area (Å²) in [6.07, 6.45) is 2.73. The zero-order valence-corrected chi connectivity index (χ0v) is 52.3. The number of ketones is 1. The van der Waals surface area contributed by atoms with E-state index in [0.717, 1.165) is 0 Å². The van der Waals surface area contributed by atoms with Gasteiger partial charge in [-0.15, -0.1) is 0 Å². The second-order valence-corrected chi connectivity index (χ2v) is 20.9. The van der Waals surface area contributed by atoms with Crippen molar-refractivity contribution >= 4 is 64.5 Å². The third-order valence-corrected chi connectivity index (χ3v) is 12.7. The minimum Gasteiger partial charge on any atom is -0.411 e. The van der Waals surface area contributed by atoms with Gasteiger partial charge in [0.25, 0.3) is 0 Å². The molecule has 32 nitrogen and oxygen atoms in total. The fourth-order valence-corrected chi connectivity index (χ4v) is 6.93. The molecule has 14 N–H and O–H groups in total. The maximum absolute atomic E-state index is 12.9. The molecular formula is C55H103N13O19.